The predicted octanol–water partition coefficient (Wildman–Crippen LogP) is 0.788. The maximum atomic E-state index is 13.1. The second-order valence-electron chi connectivity index (χ2n) is 5.18. The molecule has 1 aliphatic carbocycles. The molecule has 1 aromatic carbocycles. The number of hydrogen-bond donors (Lipinski definition) is 2. The number of halogens is 1. The van der Waals surface area contributed by atoms with Gasteiger partial charge in [-0.15, -0.1) is 5.10 Å². The number of nitrogens with one attached hydrogen (secondary N) is 1. The van der Waals surface area contributed by atoms with Crippen LogP contribution < -0.4 is 5.32 Å². The summed E-state index contributed by atoms with van der Waals surface area (Å²) in [5, 5.41) is 18.5. The molecule has 0 aliphatic heterocycles. The lowest BCUT2D eigenvalue weighted by molar-refractivity contribution is -0.122. The van der Waals surface area contributed by atoms with Crippen LogP contribution in [0.15, 0.2) is 30.5 Å². The summed E-state index contributed by atoms with van der Waals surface area (Å²) < 4.78 is 14.3. The molecule has 22 heavy (non-hydrogen) atoms. The highest BCUT2D eigenvalue weighted by atomic mass is 19.1. The molecular formula is C14H13FN4O3. The minimum atomic E-state index is -1.19. The minimum absolute atomic E-state index is 0.0308. The lowest BCUT2D eigenvalue weighted by Gasteiger charge is -2.04. The van der Waals surface area contributed by atoms with Crippen molar-refractivity contribution in [2.45, 2.75) is 24.9 Å². The third-order valence-corrected chi connectivity index (χ3v) is 3.48. The maximum Gasteiger partial charge on any atom is 0.358 e. The van der Waals surface area contributed by atoms with Crippen LogP contribution in [0.3, 0.4) is 0 Å². The lowest BCUT2D eigenvalue weighted by atomic mass is 10.1. The number of carboxylic acids is 1. The first-order valence-electron chi connectivity index (χ1n) is 6.71. The number of carboxylic acid groups (broad SMARTS) is 1. The molecule has 1 aromatic heterocycles. The van der Waals surface area contributed by atoms with E-state index in [9.17, 15) is 14.0 Å². The maximum absolute atomic E-state index is 13.1. The van der Waals surface area contributed by atoms with Gasteiger partial charge in [-0.05, 0) is 24.1 Å². The fourth-order valence-corrected chi connectivity index (χ4v) is 2.33. The molecule has 0 saturated heterocycles. The van der Waals surface area contributed by atoms with Gasteiger partial charge in [-0.2, -0.15) is 0 Å². The number of nitrogens with zero attached hydrogens (tertiary/aromatic N) is 3. The molecule has 3 rings (SSSR count). The van der Waals surface area contributed by atoms with Gasteiger partial charge in [-0.1, -0.05) is 17.3 Å². The molecule has 1 fully saturated rings. The lowest BCUT2D eigenvalue weighted by Crippen LogP contribution is -2.30. The molecule has 1 saturated carbocycles. The number of hydrogen-bond acceptors (Lipinski definition) is 4. The third kappa shape index (κ3) is 3.11. The molecule has 1 heterocycles. The van der Waals surface area contributed by atoms with Crippen molar-refractivity contribution in [3.8, 4) is 0 Å². The molecule has 0 radical (unpaired) electrons. The number of rotatable bonds is 5. The average molecular weight is 304 g/mol. The largest absolute Gasteiger partial charge is 0.476 e. The summed E-state index contributed by atoms with van der Waals surface area (Å²) in [4.78, 5) is 22.5. The van der Waals surface area contributed by atoms with Gasteiger partial charge in [0.05, 0.1) is 6.20 Å². The summed E-state index contributed by atoms with van der Waals surface area (Å²) in [6.45, 7) is -0.105. The van der Waals surface area contributed by atoms with Gasteiger partial charge in [0.2, 0.25) is 5.91 Å². The molecule has 1 amide bonds. The van der Waals surface area contributed by atoms with Gasteiger partial charge in [0, 0.05) is 12.0 Å². The molecule has 2 N–H and O–H groups in total. The van der Waals surface area contributed by atoms with Crippen molar-refractivity contribution < 1.29 is 19.1 Å². The Morgan fingerprint density at radius 2 is 2.27 bits per heavy atom. The van der Waals surface area contributed by atoms with Crippen molar-refractivity contribution in [2.24, 2.45) is 0 Å². The van der Waals surface area contributed by atoms with Crippen LogP contribution in [0, 0.1) is 5.82 Å². The fourth-order valence-electron chi connectivity index (χ4n) is 2.33. The zero-order valence-corrected chi connectivity index (χ0v) is 11.4. The summed E-state index contributed by atoms with van der Waals surface area (Å²) in [5.74, 6) is -1.66. The summed E-state index contributed by atoms with van der Waals surface area (Å²) in [6, 6.07) is 6.29. The van der Waals surface area contributed by atoms with Crippen molar-refractivity contribution in [2.75, 3.05) is 0 Å². The highest BCUT2D eigenvalue weighted by Gasteiger charge is 2.39. The van der Waals surface area contributed by atoms with E-state index in [1.807, 2.05) is 6.07 Å². The van der Waals surface area contributed by atoms with Crippen LogP contribution in [0.1, 0.15) is 28.4 Å². The van der Waals surface area contributed by atoms with Crippen LogP contribution >= 0.6 is 0 Å². The second kappa shape index (κ2) is 5.55. The van der Waals surface area contributed by atoms with Crippen LogP contribution in [0.5, 0.6) is 0 Å². The van der Waals surface area contributed by atoms with Gasteiger partial charge in [-0.3, -0.25) is 4.79 Å². The van der Waals surface area contributed by atoms with Gasteiger partial charge >= 0.3 is 5.97 Å². The molecule has 2 atom stereocenters. The van der Waals surface area contributed by atoms with E-state index in [1.54, 1.807) is 6.07 Å². The Labute approximate surface area is 124 Å². The Morgan fingerprint density at radius 1 is 1.45 bits per heavy atom. The molecule has 2 unspecified atom stereocenters. The normalized spacial score (nSPS) is 19.7. The molecule has 0 bridgehead atoms. The number of carbonyl (C=O) groups is 2. The van der Waals surface area contributed by atoms with Gasteiger partial charge in [0.15, 0.2) is 5.69 Å². The van der Waals surface area contributed by atoms with E-state index in [2.05, 4.69) is 15.6 Å². The minimum Gasteiger partial charge on any atom is -0.476 e. The first-order chi connectivity index (χ1) is 10.5. The molecule has 8 heteroatoms. The van der Waals surface area contributed by atoms with Crippen molar-refractivity contribution in [3.63, 3.8) is 0 Å². The molecular weight excluding hydrogens is 291 g/mol. The number of amides is 1. The smallest absolute Gasteiger partial charge is 0.358 e. The van der Waals surface area contributed by atoms with Crippen LogP contribution in [-0.4, -0.2) is 38.0 Å². The van der Waals surface area contributed by atoms with E-state index >= 15 is 0 Å². The average Bonchev–Trinajstić information content (AvgIpc) is 3.05. The van der Waals surface area contributed by atoms with Crippen LogP contribution in [0.4, 0.5) is 4.39 Å². The highest BCUT2D eigenvalue weighted by Crippen LogP contribution is 2.40. The molecule has 7 nitrogen and oxygen atoms in total. The predicted molar refractivity (Wildman–Crippen MR) is 72.7 cm³/mol. The summed E-state index contributed by atoms with van der Waals surface area (Å²) in [5.41, 5.74) is 0.649. The van der Waals surface area contributed by atoms with Gasteiger partial charge in [0.25, 0.3) is 0 Å². The number of aromatic nitrogens is 3. The third-order valence-electron chi connectivity index (χ3n) is 3.48. The van der Waals surface area contributed by atoms with E-state index < -0.39 is 5.97 Å². The first-order valence-corrected chi connectivity index (χ1v) is 6.71. The van der Waals surface area contributed by atoms with Crippen LogP contribution in [0.25, 0.3) is 0 Å². The van der Waals surface area contributed by atoms with E-state index in [1.165, 1.54) is 23.0 Å². The first kappa shape index (κ1) is 14.2. The summed E-state index contributed by atoms with van der Waals surface area (Å²) in [7, 11) is 0. The van der Waals surface area contributed by atoms with Crippen molar-refractivity contribution >= 4 is 11.9 Å². The Bertz CT molecular complexity index is 730. The van der Waals surface area contributed by atoms with Crippen molar-refractivity contribution in [3.05, 3.63) is 47.5 Å². The SMILES string of the molecule is O=C(Cn1cc(C(=O)O)nn1)NC1CC1c1cccc(F)c1. The molecule has 114 valence electrons. The zero-order chi connectivity index (χ0) is 15.7. The van der Waals surface area contributed by atoms with E-state index in [-0.39, 0.29) is 35.9 Å². The van der Waals surface area contributed by atoms with Crippen LogP contribution in [0.2, 0.25) is 0 Å². The summed E-state index contributed by atoms with van der Waals surface area (Å²) >= 11 is 0. The van der Waals surface area contributed by atoms with E-state index in [0.29, 0.717) is 0 Å². The Kier molecular flexibility index (Phi) is 3.58. The van der Waals surface area contributed by atoms with Gasteiger partial charge < -0.3 is 10.4 Å². The molecule has 1 aliphatic rings. The molecule has 0 spiro atoms. The van der Waals surface area contributed by atoms with Gasteiger partial charge in [-0.25, -0.2) is 13.9 Å². The van der Waals surface area contributed by atoms with Crippen molar-refractivity contribution in [1.29, 1.82) is 0 Å². The summed E-state index contributed by atoms with van der Waals surface area (Å²) in [6.07, 6.45) is 1.95. The fraction of sp³-hybridized carbons (Fsp3) is 0.286. The van der Waals surface area contributed by atoms with E-state index in [0.717, 1.165) is 12.0 Å². The standard InChI is InChI=1S/C14H13FN4O3/c15-9-3-1-2-8(4-9)10-5-11(10)16-13(20)7-19-6-12(14(21)22)17-18-19/h1-4,6,10-11H,5,7H2,(H,16,20)(H,21,22). The Morgan fingerprint density at radius 3 is 2.95 bits per heavy atom. The topological polar surface area (TPSA) is 97.1 Å². The Hall–Kier alpha value is -2.77. The monoisotopic (exact) mass is 304 g/mol. The quantitative estimate of drug-likeness (QED) is 0.851. The number of aromatic carboxylic acids is 1. The second-order valence-corrected chi connectivity index (χ2v) is 5.18. The number of carbonyl (C=O) groups excluding carboxylic acids is 1. The molecule has 2 aromatic rings. The Balaban J connectivity index is 1.54. The van der Waals surface area contributed by atoms with Crippen molar-refractivity contribution in [1.82, 2.24) is 20.3 Å². The van der Waals surface area contributed by atoms with E-state index in [4.69, 9.17) is 5.11 Å². The zero-order valence-electron chi connectivity index (χ0n) is 11.4. The van der Waals surface area contributed by atoms with Gasteiger partial charge in [0.1, 0.15) is 12.4 Å². The number of benzene rings is 1. The highest BCUT2D eigenvalue weighted by molar-refractivity contribution is 5.84. The van der Waals surface area contributed by atoms with Crippen LogP contribution in [-0.2, 0) is 11.3 Å².